The van der Waals surface area contributed by atoms with Crippen LogP contribution in [0.15, 0.2) is 35.1 Å². The molecule has 2 aromatic rings. The Bertz CT molecular complexity index is 411. The average Bonchev–Trinajstić information content (AvgIpc) is 2.66. The van der Waals surface area contributed by atoms with Crippen molar-refractivity contribution in [2.24, 2.45) is 0 Å². The maximum Gasteiger partial charge on any atom is 0.208 e. The number of nitrogens with one attached hydrogen (secondary N) is 1. The monoisotopic (exact) mass is 203 g/mol. The molecule has 0 saturated heterocycles. The standard InChI is InChI=1S/C11H13N3O/c1-9-5-14-11(15-9)8-13-7-10-3-2-4-12-6-10/h2-6,13H,7-8H2,1H3. The molecule has 0 saturated carbocycles. The van der Waals surface area contributed by atoms with Crippen LogP contribution in [0.4, 0.5) is 0 Å². The summed E-state index contributed by atoms with van der Waals surface area (Å²) in [5, 5.41) is 3.24. The number of aryl methyl sites for hydroxylation is 1. The molecule has 0 aromatic carbocycles. The average molecular weight is 203 g/mol. The van der Waals surface area contributed by atoms with E-state index >= 15 is 0 Å². The lowest BCUT2D eigenvalue weighted by atomic mass is 10.3. The maximum absolute atomic E-state index is 5.33. The van der Waals surface area contributed by atoms with E-state index in [-0.39, 0.29) is 0 Å². The van der Waals surface area contributed by atoms with E-state index in [2.05, 4.69) is 15.3 Å². The number of aromatic nitrogens is 2. The zero-order valence-corrected chi connectivity index (χ0v) is 8.60. The van der Waals surface area contributed by atoms with Gasteiger partial charge in [-0.3, -0.25) is 4.98 Å². The van der Waals surface area contributed by atoms with Crippen LogP contribution in [-0.4, -0.2) is 9.97 Å². The Balaban J connectivity index is 1.80. The number of nitrogens with zero attached hydrogens (tertiary/aromatic N) is 2. The first kappa shape index (κ1) is 9.86. The second kappa shape index (κ2) is 4.70. The van der Waals surface area contributed by atoms with Crippen molar-refractivity contribution in [2.45, 2.75) is 20.0 Å². The minimum atomic E-state index is 0.642. The number of hydrogen-bond donors (Lipinski definition) is 1. The van der Waals surface area contributed by atoms with E-state index in [4.69, 9.17) is 4.42 Å². The van der Waals surface area contributed by atoms with Crippen molar-refractivity contribution < 1.29 is 4.42 Å². The summed E-state index contributed by atoms with van der Waals surface area (Å²) >= 11 is 0. The molecule has 0 fully saturated rings. The lowest BCUT2D eigenvalue weighted by Gasteiger charge is -2.00. The highest BCUT2D eigenvalue weighted by molar-refractivity contribution is 5.07. The van der Waals surface area contributed by atoms with Crippen LogP contribution in [0.3, 0.4) is 0 Å². The zero-order chi connectivity index (χ0) is 10.5. The third-order valence-corrected chi connectivity index (χ3v) is 2.00. The normalized spacial score (nSPS) is 10.5. The molecule has 1 N–H and O–H groups in total. The summed E-state index contributed by atoms with van der Waals surface area (Å²) in [5.74, 6) is 1.56. The van der Waals surface area contributed by atoms with Gasteiger partial charge in [0, 0.05) is 18.9 Å². The van der Waals surface area contributed by atoms with E-state index in [0.717, 1.165) is 23.8 Å². The molecule has 2 heterocycles. The third-order valence-electron chi connectivity index (χ3n) is 2.00. The SMILES string of the molecule is Cc1cnc(CNCc2cccnc2)o1. The second-order valence-corrected chi connectivity index (χ2v) is 3.33. The Labute approximate surface area is 88.4 Å². The van der Waals surface area contributed by atoms with Gasteiger partial charge in [0.2, 0.25) is 5.89 Å². The molecule has 0 aliphatic rings. The quantitative estimate of drug-likeness (QED) is 0.821. The Morgan fingerprint density at radius 2 is 2.27 bits per heavy atom. The van der Waals surface area contributed by atoms with Crippen LogP contribution in [0.1, 0.15) is 17.2 Å². The molecule has 15 heavy (non-hydrogen) atoms. The van der Waals surface area contributed by atoms with Crippen molar-refractivity contribution in [3.63, 3.8) is 0 Å². The molecule has 0 radical (unpaired) electrons. The number of hydrogen-bond acceptors (Lipinski definition) is 4. The predicted molar refractivity (Wildman–Crippen MR) is 56.0 cm³/mol. The Hall–Kier alpha value is -1.68. The van der Waals surface area contributed by atoms with Gasteiger partial charge in [0.15, 0.2) is 0 Å². The zero-order valence-electron chi connectivity index (χ0n) is 8.60. The van der Waals surface area contributed by atoms with Gasteiger partial charge in [-0.2, -0.15) is 0 Å². The van der Waals surface area contributed by atoms with Crippen LogP contribution in [0, 0.1) is 6.92 Å². The Morgan fingerprint density at radius 3 is 2.93 bits per heavy atom. The molecular weight excluding hydrogens is 190 g/mol. The summed E-state index contributed by atoms with van der Waals surface area (Å²) in [6.45, 7) is 3.30. The third kappa shape index (κ3) is 2.89. The van der Waals surface area contributed by atoms with Crippen LogP contribution in [0.2, 0.25) is 0 Å². The van der Waals surface area contributed by atoms with E-state index in [1.165, 1.54) is 0 Å². The summed E-state index contributed by atoms with van der Waals surface area (Å²) in [5.41, 5.74) is 1.15. The molecule has 0 aliphatic heterocycles. The summed E-state index contributed by atoms with van der Waals surface area (Å²) in [6.07, 6.45) is 5.33. The van der Waals surface area contributed by atoms with E-state index in [9.17, 15) is 0 Å². The Morgan fingerprint density at radius 1 is 1.33 bits per heavy atom. The van der Waals surface area contributed by atoms with Gasteiger partial charge in [-0.05, 0) is 18.6 Å². The molecule has 0 aliphatic carbocycles. The van der Waals surface area contributed by atoms with E-state index in [1.54, 1.807) is 12.4 Å². The van der Waals surface area contributed by atoms with Crippen LogP contribution in [0.5, 0.6) is 0 Å². The highest BCUT2D eigenvalue weighted by atomic mass is 16.4. The summed E-state index contributed by atoms with van der Waals surface area (Å²) in [7, 11) is 0. The topological polar surface area (TPSA) is 51.0 Å². The van der Waals surface area contributed by atoms with Crippen molar-refractivity contribution >= 4 is 0 Å². The fraction of sp³-hybridized carbons (Fsp3) is 0.273. The molecular formula is C11H13N3O. The van der Waals surface area contributed by atoms with Gasteiger partial charge in [0.1, 0.15) is 5.76 Å². The van der Waals surface area contributed by atoms with E-state index < -0.39 is 0 Å². The highest BCUT2D eigenvalue weighted by Gasteiger charge is 1.99. The predicted octanol–water partition coefficient (Wildman–Crippen LogP) is 1.67. The fourth-order valence-corrected chi connectivity index (χ4v) is 1.30. The lowest BCUT2D eigenvalue weighted by Crippen LogP contribution is -2.12. The first-order valence-electron chi connectivity index (χ1n) is 4.85. The molecule has 0 bridgehead atoms. The lowest BCUT2D eigenvalue weighted by molar-refractivity contribution is 0.449. The van der Waals surface area contributed by atoms with Crippen molar-refractivity contribution in [3.05, 3.63) is 47.9 Å². The minimum Gasteiger partial charge on any atom is -0.445 e. The summed E-state index contributed by atoms with van der Waals surface area (Å²) in [6, 6.07) is 3.95. The molecule has 2 rings (SSSR count). The fourth-order valence-electron chi connectivity index (χ4n) is 1.30. The minimum absolute atomic E-state index is 0.642. The smallest absolute Gasteiger partial charge is 0.208 e. The van der Waals surface area contributed by atoms with Gasteiger partial charge in [-0.25, -0.2) is 4.98 Å². The summed E-state index contributed by atoms with van der Waals surface area (Å²) in [4.78, 5) is 8.14. The van der Waals surface area contributed by atoms with Crippen LogP contribution >= 0.6 is 0 Å². The van der Waals surface area contributed by atoms with Crippen molar-refractivity contribution in [3.8, 4) is 0 Å². The van der Waals surface area contributed by atoms with Gasteiger partial charge in [-0.15, -0.1) is 0 Å². The number of rotatable bonds is 4. The van der Waals surface area contributed by atoms with Gasteiger partial charge in [-0.1, -0.05) is 6.07 Å². The van der Waals surface area contributed by atoms with Gasteiger partial charge in [0.25, 0.3) is 0 Å². The van der Waals surface area contributed by atoms with Gasteiger partial charge < -0.3 is 9.73 Å². The molecule has 0 amide bonds. The second-order valence-electron chi connectivity index (χ2n) is 3.33. The molecule has 0 unspecified atom stereocenters. The van der Waals surface area contributed by atoms with E-state index in [0.29, 0.717) is 6.54 Å². The summed E-state index contributed by atoms with van der Waals surface area (Å²) < 4.78 is 5.33. The highest BCUT2D eigenvalue weighted by Crippen LogP contribution is 2.01. The van der Waals surface area contributed by atoms with Crippen molar-refractivity contribution in [1.82, 2.24) is 15.3 Å². The van der Waals surface area contributed by atoms with Crippen molar-refractivity contribution in [1.29, 1.82) is 0 Å². The van der Waals surface area contributed by atoms with Gasteiger partial charge >= 0.3 is 0 Å². The molecule has 0 atom stereocenters. The largest absolute Gasteiger partial charge is 0.445 e. The van der Waals surface area contributed by atoms with Gasteiger partial charge in [0.05, 0.1) is 12.7 Å². The van der Waals surface area contributed by atoms with Crippen LogP contribution in [-0.2, 0) is 13.1 Å². The number of pyridine rings is 1. The van der Waals surface area contributed by atoms with Crippen LogP contribution in [0.25, 0.3) is 0 Å². The number of oxazole rings is 1. The Kier molecular flexibility index (Phi) is 3.09. The maximum atomic E-state index is 5.33. The van der Waals surface area contributed by atoms with E-state index in [1.807, 2.05) is 25.3 Å². The first-order valence-corrected chi connectivity index (χ1v) is 4.85. The molecule has 78 valence electrons. The molecule has 4 heteroatoms. The molecule has 4 nitrogen and oxygen atoms in total. The van der Waals surface area contributed by atoms with Crippen LogP contribution < -0.4 is 5.32 Å². The molecule has 2 aromatic heterocycles. The first-order chi connectivity index (χ1) is 7.34. The van der Waals surface area contributed by atoms with Crippen molar-refractivity contribution in [2.75, 3.05) is 0 Å². The molecule has 0 spiro atoms.